The van der Waals surface area contributed by atoms with E-state index in [0.29, 0.717) is 0 Å². The lowest BCUT2D eigenvalue weighted by molar-refractivity contribution is 0.712. The van der Waals surface area contributed by atoms with Crippen LogP contribution in [0.2, 0.25) is 0 Å². The summed E-state index contributed by atoms with van der Waals surface area (Å²) in [6.45, 7) is 0. The highest BCUT2D eigenvalue weighted by molar-refractivity contribution is 8.05. The first-order chi connectivity index (χ1) is 10.0. The van der Waals surface area contributed by atoms with Crippen molar-refractivity contribution in [1.82, 2.24) is 0 Å². The molecule has 0 radical (unpaired) electrons. The summed E-state index contributed by atoms with van der Waals surface area (Å²) < 4.78 is 0. The molecule has 0 aromatic rings. The van der Waals surface area contributed by atoms with Gasteiger partial charge in [0.1, 0.15) is 0 Å². The second-order valence-corrected chi connectivity index (χ2v) is 8.91. The molecule has 0 fully saturated rings. The number of rotatable bonds is 0. The molecule has 1 aliphatic rings. The van der Waals surface area contributed by atoms with Crippen molar-refractivity contribution in [2.45, 2.75) is 51.4 Å². The minimum Gasteiger partial charge on any atom is -0.134 e. The molecule has 20 heavy (non-hydrogen) atoms. The van der Waals surface area contributed by atoms with Gasteiger partial charge in [-0.05, 0) is 70.3 Å². The zero-order chi connectivity index (χ0) is 14.1. The van der Waals surface area contributed by atoms with Crippen LogP contribution in [0.5, 0.6) is 0 Å². The van der Waals surface area contributed by atoms with E-state index in [1.165, 1.54) is 74.4 Å². The van der Waals surface area contributed by atoms with E-state index in [2.05, 4.69) is 21.6 Å². The average molecular weight is 349 g/mol. The molecule has 4 heteroatoms. The number of thioether (sulfide) groups is 4. The molecule has 0 aliphatic carbocycles. The molecule has 0 aromatic heterocycles. The zero-order valence-corrected chi connectivity index (χ0v) is 15.7. The van der Waals surface area contributed by atoms with Crippen LogP contribution in [-0.4, -0.2) is 23.0 Å². The van der Waals surface area contributed by atoms with Crippen LogP contribution >= 0.6 is 47.0 Å². The van der Waals surface area contributed by atoms with E-state index in [1.54, 1.807) is 0 Å². The Kier molecular flexibility index (Phi) is 15.4. The van der Waals surface area contributed by atoms with Crippen LogP contribution in [-0.2, 0) is 0 Å². The van der Waals surface area contributed by atoms with Crippen molar-refractivity contribution in [3.8, 4) is 0 Å². The highest BCUT2D eigenvalue weighted by Gasteiger charge is 1.93. The van der Waals surface area contributed by atoms with Crippen molar-refractivity contribution in [2.24, 2.45) is 0 Å². The predicted octanol–water partition coefficient (Wildman–Crippen LogP) is 7.00. The normalized spacial score (nSPS) is 22.4. The fraction of sp³-hybridized carbons (Fsp3) is 0.750. The van der Waals surface area contributed by atoms with Crippen molar-refractivity contribution >= 4 is 47.0 Å². The van der Waals surface area contributed by atoms with E-state index in [-0.39, 0.29) is 0 Å². The third-order valence-corrected chi connectivity index (χ3v) is 6.80. The van der Waals surface area contributed by atoms with Crippen molar-refractivity contribution in [2.75, 3.05) is 23.0 Å². The molecule has 0 aromatic carbocycles. The monoisotopic (exact) mass is 348 g/mol. The van der Waals surface area contributed by atoms with Gasteiger partial charge >= 0.3 is 0 Å². The SMILES string of the molecule is C1=CSCCCCCCSC=CSCCCCCCS1. The van der Waals surface area contributed by atoms with Gasteiger partial charge < -0.3 is 0 Å². The Labute approximate surface area is 142 Å². The molecule has 1 rings (SSSR count). The van der Waals surface area contributed by atoms with E-state index in [1.807, 2.05) is 47.0 Å². The highest BCUT2D eigenvalue weighted by atomic mass is 32.2. The Balaban J connectivity index is 2.11. The van der Waals surface area contributed by atoms with Crippen LogP contribution in [0, 0.1) is 0 Å². The molecule has 0 saturated carbocycles. The third kappa shape index (κ3) is 13.8. The van der Waals surface area contributed by atoms with E-state index >= 15 is 0 Å². The van der Waals surface area contributed by atoms with Gasteiger partial charge in [-0.25, -0.2) is 0 Å². The van der Waals surface area contributed by atoms with Gasteiger partial charge in [-0.1, -0.05) is 25.7 Å². The maximum Gasteiger partial charge on any atom is -0.00258 e. The molecule has 116 valence electrons. The van der Waals surface area contributed by atoms with Crippen LogP contribution in [0.15, 0.2) is 21.6 Å². The first kappa shape index (κ1) is 18.9. The summed E-state index contributed by atoms with van der Waals surface area (Å²) in [5.41, 5.74) is 0. The fourth-order valence-corrected chi connectivity index (χ4v) is 5.16. The molecule has 0 N–H and O–H groups in total. The summed E-state index contributed by atoms with van der Waals surface area (Å²) in [5.74, 6) is 5.17. The average Bonchev–Trinajstić information content (AvgIpc) is 2.46. The van der Waals surface area contributed by atoms with Gasteiger partial charge in [0.05, 0.1) is 0 Å². The largest absolute Gasteiger partial charge is 0.134 e. The van der Waals surface area contributed by atoms with E-state index in [9.17, 15) is 0 Å². The van der Waals surface area contributed by atoms with Gasteiger partial charge in [-0.3, -0.25) is 0 Å². The summed E-state index contributed by atoms with van der Waals surface area (Å²) >= 11 is 7.93. The van der Waals surface area contributed by atoms with Gasteiger partial charge in [-0.15, -0.1) is 47.0 Å². The zero-order valence-electron chi connectivity index (χ0n) is 12.4. The second kappa shape index (κ2) is 16.3. The Morgan fingerprint density at radius 3 is 0.850 bits per heavy atom. The second-order valence-electron chi connectivity index (χ2n) is 4.86. The first-order valence-electron chi connectivity index (χ1n) is 7.76. The topological polar surface area (TPSA) is 0 Å². The lowest BCUT2D eigenvalue weighted by Crippen LogP contribution is -1.83. The van der Waals surface area contributed by atoms with Crippen LogP contribution in [0.3, 0.4) is 0 Å². The van der Waals surface area contributed by atoms with Gasteiger partial charge in [0.25, 0.3) is 0 Å². The van der Waals surface area contributed by atoms with Crippen molar-refractivity contribution in [3.63, 3.8) is 0 Å². The Bertz CT molecular complexity index is 201. The maximum atomic E-state index is 2.29. The smallest absolute Gasteiger partial charge is 0.00258 e. The fourth-order valence-electron chi connectivity index (χ4n) is 1.88. The molecule has 0 spiro atoms. The van der Waals surface area contributed by atoms with E-state index in [0.717, 1.165) is 0 Å². The Morgan fingerprint density at radius 2 is 0.600 bits per heavy atom. The molecule has 0 amide bonds. The molecule has 0 atom stereocenters. The van der Waals surface area contributed by atoms with Gasteiger partial charge in [0.15, 0.2) is 0 Å². The maximum absolute atomic E-state index is 2.29. The molecule has 1 aliphatic heterocycles. The van der Waals surface area contributed by atoms with Crippen LogP contribution in [0.25, 0.3) is 0 Å². The minimum absolute atomic E-state index is 1.29. The van der Waals surface area contributed by atoms with Crippen LogP contribution in [0.1, 0.15) is 51.4 Å². The molecular formula is C16H28S4. The lowest BCUT2D eigenvalue weighted by Gasteiger charge is -2.01. The molecule has 0 saturated heterocycles. The summed E-state index contributed by atoms with van der Waals surface area (Å²) in [5, 5.41) is 9.17. The molecular weight excluding hydrogens is 320 g/mol. The molecule has 1 heterocycles. The molecule has 0 unspecified atom stereocenters. The summed E-state index contributed by atoms with van der Waals surface area (Å²) in [4.78, 5) is 0. The van der Waals surface area contributed by atoms with Crippen molar-refractivity contribution < 1.29 is 0 Å². The van der Waals surface area contributed by atoms with Crippen molar-refractivity contribution in [1.29, 1.82) is 0 Å². The van der Waals surface area contributed by atoms with Gasteiger partial charge in [0, 0.05) is 0 Å². The van der Waals surface area contributed by atoms with Gasteiger partial charge in [-0.2, -0.15) is 0 Å². The number of hydrogen-bond acceptors (Lipinski definition) is 4. The van der Waals surface area contributed by atoms with Gasteiger partial charge in [0.2, 0.25) is 0 Å². The molecule has 0 bridgehead atoms. The summed E-state index contributed by atoms with van der Waals surface area (Å²) in [7, 11) is 0. The van der Waals surface area contributed by atoms with Crippen LogP contribution < -0.4 is 0 Å². The Morgan fingerprint density at radius 1 is 0.350 bits per heavy atom. The predicted molar refractivity (Wildman–Crippen MR) is 105 cm³/mol. The van der Waals surface area contributed by atoms with Crippen LogP contribution in [0.4, 0.5) is 0 Å². The standard InChI is InChI=1S/C16H28S4/c1-2-6-10-18-15-16-20-12-8-4-3-7-11-19-14-13-17-9-5-1/h13-16H,1-12H2. The van der Waals surface area contributed by atoms with Crippen molar-refractivity contribution in [3.05, 3.63) is 21.6 Å². The minimum atomic E-state index is 1.29. The van der Waals surface area contributed by atoms with E-state index < -0.39 is 0 Å². The molecule has 0 nitrogen and oxygen atoms in total. The first-order valence-corrected chi connectivity index (χ1v) is 12.0. The third-order valence-electron chi connectivity index (χ3n) is 3.04. The summed E-state index contributed by atoms with van der Waals surface area (Å²) in [6.07, 6.45) is 11.1. The highest BCUT2D eigenvalue weighted by Crippen LogP contribution is 2.17. The Hall–Kier alpha value is 0.880. The number of hydrogen-bond donors (Lipinski definition) is 0. The quantitative estimate of drug-likeness (QED) is 0.462. The van der Waals surface area contributed by atoms with E-state index in [4.69, 9.17) is 0 Å². The summed E-state index contributed by atoms with van der Waals surface area (Å²) in [6, 6.07) is 0. The lowest BCUT2D eigenvalue weighted by atomic mass is 10.2.